The van der Waals surface area contributed by atoms with Gasteiger partial charge in [-0.05, 0) is 0 Å². The summed E-state index contributed by atoms with van der Waals surface area (Å²) in [5.74, 6) is -29.1. The largest absolute Gasteiger partial charge is 0.382 e. The maximum atomic E-state index is 13.1. The molecule has 0 aliphatic carbocycles. The predicted molar refractivity (Wildman–Crippen MR) is 54.9 cm³/mol. The monoisotopic (exact) mass is 422 g/mol. The molecule has 0 bridgehead atoms. The number of hydrogen-bond donors (Lipinski definition) is 4. The summed E-state index contributed by atoms with van der Waals surface area (Å²) < 4.78 is 161. The van der Waals surface area contributed by atoms with Gasteiger partial charge in [-0.25, -0.2) is 0 Å². The Kier molecular flexibility index (Phi) is 5.67. The van der Waals surface area contributed by atoms with E-state index >= 15 is 0 Å². The van der Waals surface area contributed by atoms with Gasteiger partial charge in [0.1, 0.15) is 0 Å². The molecule has 8 nitrogen and oxygen atoms in total. The molecule has 0 fully saturated rings. The van der Waals surface area contributed by atoms with E-state index in [0.717, 1.165) is 0 Å². The Morgan fingerprint density at radius 2 is 0.750 bits per heavy atom. The highest BCUT2D eigenvalue weighted by Crippen LogP contribution is 2.55. The van der Waals surface area contributed by atoms with Crippen LogP contribution in [0.5, 0.6) is 0 Å². The number of aliphatic hydroxyl groups is 2. The minimum absolute atomic E-state index is 5.02. The summed E-state index contributed by atoms with van der Waals surface area (Å²) in [6, 6.07) is 0. The highest BCUT2D eigenvalue weighted by molar-refractivity contribution is 7.86. The van der Waals surface area contributed by atoms with Crippen molar-refractivity contribution in [1.82, 2.24) is 0 Å². The maximum Gasteiger partial charge on any atom is 0.382 e. The summed E-state index contributed by atoms with van der Waals surface area (Å²) in [5, 5.41) is 16.6. The van der Waals surface area contributed by atoms with Gasteiger partial charge in [-0.1, -0.05) is 0 Å². The summed E-state index contributed by atoms with van der Waals surface area (Å²) in [5.41, 5.74) is -10.0. The summed E-state index contributed by atoms with van der Waals surface area (Å²) >= 11 is 0. The van der Waals surface area contributed by atoms with Crippen LogP contribution in [0.3, 0.4) is 0 Å². The third-order valence-electron chi connectivity index (χ3n) is 2.42. The number of alkyl halides is 8. The fourth-order valence-electron chi connectivity index (χ4n) is 1.10. The van der Waals surface area contributed by atoms with Gasteiger partial charge in [0.15, 0.2) is 0 Å². The minimum Gasteiger partial charge on any atom is -0.370 e. The molecular weight excluding hydrogens is 416 g/mol. The average Bonchev–Trinajstić information content (AvgIpc) is 2.33. The molecule has 18 heteroatoms. The third-order valence-corrected chi connectivity index (χ3v) is 4.14. The lowest BCUT2D eigenvalue weighted by Crippen LogP contribution is -2.69. The second kappa shape index (κ2) is 5.87. The van der Waals surface area contributed by atoms with Crippen molar-refractivity contribution in [3.05, 3.63) is 0 Å². The van der Waals surface area contributed by atoms with Crippen molar-refractivity contribution in [1.29, 1.82) is 0 Å². The molecule has 0 aliphatic rings. The number of rotatable bonds is 7. The van der Waals surface area contributed by atoms with Crippen LogP contribution in [0.25, 0.3) is 0 Å². The molecule has 0 aromatic heterocycles. The standard InChI is InChI=1S/C6H6F8O8S2/c7-3(8,1(15)23(17,18)19)5(11,12)6(13,14)4(9,10)2(16)24(20,21)22/h1-2,15-16H,(H,17,18,19)(H,20,21,22)/t1-,2+. The van der Waals surface area contributed by atoms with Crippen molar-refractivity contribution in [2.45, 2.75) is 34.6 Å². The Labute approximate surface area is 127 Å². The molecule has 0 spiro atoms. The van der Waals surface area contributed by atoms with Gasteiger partial charge in [0, 0.05) is 0 Å². The van der Waals surface area contributed by atoms with E-state index in [0.29, 0.717) is 0 Å². The van der Waals surface area contributed by atoms with Crippen LogP contribution in [0, 0.1) is 0 Å². The van der Waals surface area contributed by atoms with E-state index in [1.54, 1.807) is 0 Å². The molecule has 4 N–H and O–H groups in total. The highest BCUT2D eigenvalue weighted by Gasteiger charge is 2.85. The van der Waals surface area contributed by atoms with Crippen LogP contribution in [0.2, 0.25) is 0 Å². The van der Waals surface area contributed by atoms with Crippen LogP contribution < -0.4 is 0 Å². The fraction of sp³-hybridized carbons (Fsp3) is 1.00. The molecule has 0 aliphatic heterocycles. The maximum absolute atomic E-state index is 13.1. The second-order valence-corrected chi connectivity index (χ2v) is 7.08. The van der Waals surface area contributed by atoms with Gasteiger partial charge >= 0.3 is 23.7 Å². The lowest BCUT2D eigenvalue weighted by atomic mass is 9.99. The van der Waals surface area contributed by atoms with Crippen molar-refractivity contribution >= 4 is 20.2 Å². The molecule has 0 unspecified atom stereocenters. The Balaban J connectivity index is 6.37. The van der Waals surface area contributed by atoms with Gasteiger partial charge in [-0.3, -0.25) is 9.11 Å². The molecule has 0 saturated heterocycles. The first-order valence-electron chi connectivity index (χ1n) is 4.86. The van der Waals surface area contributed by atoms with Gasteiger partial charge in [0.2, 0.25) is 0 Å². The van der Waals surface area contributed by atoms with E-state index in [9.17, 15) is 52.0 Å². The normalized spacial score (nSPS) is 18.3. The van der Waals surface area contributed by atoms with Crippen LogP contribution in [0.15, 0.2) is 0 Å². The average molecular weight is 422 g/mol. The van der Waals surface area contributed by atoms with Crippen LogP contribution in [0.4, 0.5) is 35.1 Å². The first-order chi connectivity index (χ1) is 10.1. The summed E-state index contributed by atoms with van der Waals surface area (Å²) in [6.45, 7) is 0. The van der Waals surface area contributed by atoms with Crippen molar-refractivity contribution in [2.24, 2.45) is 0 Å². The first kappa shape index (κ1) is 23.2. The van der Waals surface area contributed by atoms with Gasteiger partial charge in [0.25, 0.3) is 31.1 Å². The predicted octanol–water partition coefficient (Wildman–Crippen LogP) is -0.0600. The van der Waals surface area contributed by atoms with E-state index in [1.807, 2.05) is 0 Å². The quantitative estimate of drug-likeness (QED) is 0.329. The molecule has 0 heterocycles. The second-order valence-electron chi connectivity index (χ2n) is 4.13. The molecule has 0 saturated carbocycles. The van der Waals surface area contributed by atoms with E-state index in [-0.39, 0.29) is 0 Å². The van der Waals surface area contributed by atoms with Gasteiger partial charge in [-0.15, -0.1) is 0 Å². The summed E-state index contributed by atoms with van der Waals surface area (Å²) in [6.07, 6.45) is 0. The zero-order valence-corrected chi connectivity index (χ0v) is 12.0. The van der Waals surface area contributed by atoms with Gasteiger partial charge in [0.05, 0.1) is 0 Å². The molecular formula is C6H6F8O8S2. The molecule has 0 rings (SSSR count). The first-order valence-corrected chi connectivity index (χ1v) is 7.87. The zero-order valence-electron chi connectivity index (χ0n) is 10.4. The minimum atomic E-state index is -7.54. The third kappa shape index (κ3) is 3.43. The van der Waals surface area contributed by atoms with Crippen molar-refractivity contribution < 1.29 is 71.3 Å². The Morgan fingerprint density at radius 3 is 0.875 bits per heavy atom. The highest BCUT2D eigenvalue weighted by atomic mass is 32.2. The molecule has 24 heavy (non-hydrogen) atoms. The molecule has 0 aromatic carbocycles. The molecule has 0 aromatic rings. The van der Waals surface area contributed by atoms with E-state index in [4.69, 9.17) is 19.3 Å². The van der Waals surface area contributed by atoms with E-state index in [2.05, 4.69) is 0 Å². The Bertz CT molecular complexity index is 625. The van der Waals surface area contributed by atoms with E-state index in [1.165, 1.54) is 0 Å². The zero-order chi connectivity index (χ0) is 20.2. The fourth-order valence-corrected chi connectivity index (χ4v) is 2.15. The summed E-state index contributed by atoms with van der Waals surface area (Å²) in [4.78, 5) is 0. The molecule has 0 radical (unpaired) electrons. The molecule has 146 valence electrons. The lowest BCUT2D eigenvalue weighted by molar-refractivity contribution is -0.380. The Hall–Kier alpha value is -0.820. The van der Waals surface area contributed by atoms with Crippen molar-refractivity contribution in [2.75, 3.05) is 0 Å². The number of aliphatic hydroxyl groups excluding tert-OH is 2. The summed E-state index contributed by atoms with van der Waals surface area (Å²) in [7, 11) is -13.2. The number of halogens is 8. The molecule has 0 amide bonds. The smallest absolute Gasteiger partial charge is 0.370 e. The van der Waals surface area contributed by atoms with Crippen molar-refractivity contribution in [3.8, 4) is 0 Å². The Morgan fingerprint density at radius 1 is 0.583 bits per heavy atom. The van der Waals surface area contributed by atoms with Crippen LogP contribution in [-0.4, -0.2) is 70.7 Å². The van der Waals surface area contributed by atoms with Crippen LogP contribution >= 0.6 is 0 Å². The SMILES string of the molecule is O=S(=O)(O)[C@H](O)C(F)(F)C(F)(F)C(F)(F)C(F)(F)[C@H](O)S(=O)(=O)O. The van der Waals surface area contributed by atoms with E-state index < -0.39 is 54.8 Å². The van der Waals surface area contributed by atoms with Crippen LogP contribution in [0.1, 0.15) is 0 Å². The molecule has 2 atom stereocenters. The number of hydrogen-bond acceptors (Lipinski definition) is 6. The van der Waals surface area contributed by atoms with Crippen LogP contribution in [-0.2, 0) is 20.2 Å². The van der Waals surface area contributed by atoms with Gasteiger partial charge in [-0.2, -0.15) is 52.0 Å². The topological polar surface area (TPSA) is 149 Å². The lowest BCUT2D eigenvalue weighted by Gasteiger charge is -2.38. The van der Waals surface area contributed by atoms with Gasteiger partial charge < -0.3 is 10.2 Å². The van der Waals surface area contributed by atoms with Crippen molar-refractivity contribution in [3.63, 3.8) is 0 Å².